The van der Waals surface area contributed by atoms with E-state index in [1.165, 1.54) is 6.33 Å². The molecular formula is C10H13N5O3S. The van der Waals surface area contributed by atoms with Crippen molar-refractivity contribution < 1.29 is 14.9 Å². The van der Waals surface area contributed by atoms with Crippen LogP contribution in [0.1, 0.15) is 12.6 Å². The monoisotopic (exact) mass is 283 g/mol. The number of imidazole rings is 1. The maximum absolute atomic E-state index is 9.78. The average Bonchev–Trinajstić information content (AvgIpc) is 2.90. The summed E-state index contributed by atoms with van der Waals surface area (Å²) >= 11 is 5.22. The van der Waals surface area contributed by atoms with Crippen molar-refractivity contribution in [3.8, 4) is 0 Å². The average molecular weight is 283 g/mol. The first-order chi connectivity index (χ1) is 9.11. The van der Waals surface area contributed by atoms with Gasteiger partial charge in [0.25, 0.3) is 0 Å². The molecule has 1 fully saturated rings. The minimum Gasteiger partial charge on any atom is -0.394 e. The number of anilines is 1. The van der Waals surface area contributed by atoms with Crippen molar-refractivity contribution in [3.63, 3.8) is 0 Å². The van der Waals surface area contributed by atoms with Crippen molar-refractivity contribution in [3.05, 3.63) is 11.1 Å². The van der Waals surface area contributed by atoms with Gasteiger partial charge in [0, 0.05) is 6.42 Å². The highest BCUT2D eigenvalue weighted by Gasteiger charge is 2.35. The summed E-state index contributed by atoms with van der Waals surface area (Å²) in [6, 6.07) is 0. The van der Waals surface area contributed by atoms with Gasteiger partial charge in [-0.1, -0.05) is 0 Å². The summed E-state index contributed by atoms with van der Waals surface area (Å²) in [7, 11) is 0. The Morgan fingerprint density at radius 1 is 1.58 bits per heavy atom. The summed E-state index contributed by atoms with van der Waals surface area (Å²) in [5, 5.41) is 18.9. The van der Waals surface area contributed by atoms with Crippen LogP contribution in [-0.4, -0.2) is 48.5 Å². The SMILES string of the molecule is Nc1ncnc2c1[nH]c(=S)n2[C@H]1C[C@@H](O)C(CO)O1. The Bertz CT molecular complexity index is 669. The van der Waals surface area contributed by atoms with Crippen LogP contribution >= 0.6 is 12.2 Å². The van der Waals surface area contributed by atoms with Crippen molar-refractivity contribution in [2.75, 3.05) is 12.3 Å². The molecule has 0 radical (unpaired) electrons. The number of aliphatic hydroxyl groups excluding tert-OH is 2. The smallest absolute Gasteiger partial charge is 0.181 e. The number of nitrogens with zero attached hydrogens (tertiary/aromatic N) is 3. The van der Waals surface area contributed by atoms with Gasteiger partial charge in [0.1, 0.15) is 24.2 Å². The van der Waals surface area contributed by atoms with Crippen LogP contribution in [0.3, 0.4) is 0 Å². The number of fused-ring (bicyclic) bond motifs is 1. The number of rotatable bonds is 2. The number of aromatic amines is 1. The van der Waals surface area contributed by atoms with Gasteiger partial charge in [-0.3, -0.25) is 4.57 Å². The molecule has 2 aromatic heterocycles. The van der Waals surface area contributed by atoms with Crippen LogP contribution in [0.25, 0.3) is 11.2 Å². The lowest BCUT2D eigenvalue weighted by Crippen LogP contribution is -2.24. The number of H-pyrrole nitrogens is 1. The fourth-order valence-electron chi connectivity index (χ4n) is 2.26. The second kappa shape index (κ2) is 4.53. The molecule has 3 rings (SSSR count). The quantitative estimate of drug-likeness (QED) is 0.559. The van der Waals surface area contributed by atoms with E-state index in [-0.39, 0.29) is 6.61 Å². The van der Waals surface area contributed by atoms with Crippen LogP contribution in [0, 0.1) is 4.77 Å². The molecular weight excluding hydrogens is 270 g/mol. The van der Waals surface area contributed by atoms with E-state index in [4.69, 9.17) is 27.8 Å². The molecule has 9 heteroatoms. The Hall–Kier alpha value is -1.55. The number of aromatic nitrogens is 4. The molecule has 5 N–H and O–H groups in total. The second-order valence-corrected chi connectivity index (χ2v) is 4.76. The van der Waals surface area contributed by atoms with E-state index in [1.807, 2.05) is 0 Å². The molecule has 0 aliphatic carbocycles. The number of hydrogen-bond donors (Lipinski definition) is 4. The number of ether oxygens (including phenoxy) is 1. The molecule has 1 unspecified atom stereocenters. The summed E-state index contributed by atoms with van der Waals surface area (Å²) in [6.45, 7) is -0.246. The molecule has 102 valence electrons. The van der Waals surface area contributed by atoms with E-state index < -0.39 is 18.4 Å². The van der Waals surface area contributed by atoms with Crippen LogP contribution < -0.4 is 5.73 Å². The number of nitrogens with two attached hydrogens (primary N) is 1. The molecule has 3 atom stereocenters. The first-order valence-corrected chi connectivity index (χ1v) is 6.17. The Morgan fingerprint density at radius 2 is 2.37 bits per heavy atom. The Kier molecular flexibility index (Phi) is 2.97. The van der Waals surface area contributed by atoms with E-state index >= 15 is 0 Å². The molecule has 0 amide bonds. The summed E-state index contributed by atoms with van der Waals surface area (Å²) in [4.78, 5) is 10.9. The molecule has 1 saturated heterocycles. The van der Waals surface area contributed by atoms with Crippen LogP contribution in [-0.2, 0) is 4.74 Å². The summed E-state index contributed by atoms with van der Waals surface area (Å²) in [6.07, 6.45) is -0.165. The molecule has 3 heterocycles. The van der Waals surface area contributed by atoms with E-state index in [2.05, 4.69) is 15.0 Å². The predicted octanol–water partition coefficient (Wildman–Crippen LogP) is -0.288. The number of nitrogens with one attached hydrogen (secondary N) is 1. The first kappa shape index (κ1) is 12.5. The summed E-state index contributed by atoms with van der Waals surface area (Å²) < 4.78 is 7.60. The van der Waals surface area contributed by atoms with Gasteiger partial charge in [0.2, 0.25) is 0 Å². The molecule has 0 bridgehead atoms. The summed E-state index contributed by atoms with van der Waals surface area (Å²) in [5.41, 5.74) is 6.81. The maximum atomic E-state index is 9.78. The largest absolute Gasteiger partial charge is 0.394 e. The standard InChI is InChI=1S/C10H13N5O3S/c11-8-7-9(13-3-12-8)15(10(19)14-7)6-1-4(17)5(2-16)18-6/h3-6,16-17H,1-2H2,(H,14,19)(H2,11,12,13)/t4-,5?,6-/m1/s1. The third-order valence-corrected chi connectivity index (χ3v) is 3.51. The topological polar surface area (TPSA) is 122 Å². The highest BCUT2D eigenvalue weighted by molar-refractivity contribution is 7.71. The third kappa shape index (κ3) is 1.91. The lowest BCUT2D eigenvalue weighted by Gasteiger charge is -2.13. The third-order valence-electron chi connectivity index (χ3n) is 3.21. The van der Waals surface area contributed by atoms with Crippen molar-refractivity contribution in [2.24, 2.45) is 0 Å². The maximum Gasteiger partial charge on any atom is 0.181 e. The zero-order valence-electron chi connectivity index (χ0n) is 9.85. The van der Waals surface area contributed by atoms with E-state index in [0.29, 0.717) is 28.2 Å². The molecule has 0 aromatic carbocycles. The van der Waals surface area contributed by atoms with Crippen LogP contribution in [0.2, 0.25) is 0 Å². The highest BCUT2D eigenvalue weighted by Crippen LogP contribution is 2.31. The van der Waals surface area contributed by atoms with Crippen molar-refractivity contribution in [1.82, 2.24) is 19.5 Å². The van der Waals surface area contributed by atoms with Gasteiger partial charge in [-0.05, 0) is 12.2 Å². The lowest BCUT2D eigenvalue weighted by atomic mass is 10.2. The van der Waals surface area contributed by atoms with E-state index in [9.17, 15) is 5.11 Å². The van der Waals surface area contributed by atoms with Gasteiger partial charge in [0.05, 0.1) is 12.7 Å². The van der Waals surface area contributed by atoms with Gasteiger partial charge in [-0.25, -0.2) is 9.97 Å². The predicted molar refractivity (Wildman–Crippen MR) is 68.7 cm³/mol. The van der Waals surface area contributed by atoms with E-state index in [0.717, 1.165) is 0 Å². The van der Waals surface area contributed by atoms with Gasteiger partial charge in [0.15, 0.2) is 16.2 Å². The number of nitrogen functional groups attached to an aromatic ring is 1. The van der Waals surface area contributed by atoms with Crippen molar-refractivity contribution in [1.29, 1.82) is 0 Å². The molecule has 1 aliphatic heterocycles. The van der Waals surface area contributed by atoms with Crippen LogP contribution in [0.4, 0.5) is 5.82 Å². The van der Waals surface area contributed by atoms with Gasteiger partial charge in [-0.15, -0.1) is 0 Å². The Morgan fingerprint density at radius 3 is 3.05 bits per heavy atom. The van der Waals surface area contributed by atoms with Crippen LogP contribution in [0.15, 0.2) is 6.33 Å². The molecule has 2 aromatic rings. The second-order valence-electron chi connectivity index (χ2n) is 4.37. The fraction of sp³-hybridized carbons (Fsp3) is 0.500. The van der Waals surface area contributed by atoms with E-state index in [1.54, 1.807) is 4.57 Å². The van der Waals surface area contributed by atoms with Crippen LogP contribution in [0.5, 0.6) is 0 Å². The summed E-state index contributed by atoms with van der Waals surface area (Å²) in [5.74, 6) is 0.298. The zero-order valence-corrected chi connectivity index (χ0v) is 10.7. The fourth-order valence-corrected chi connectivity index (χ4v) is 2.57. The highest BCUT2D eigenvalue weighted by atomic mass is 32.1. The molecule has 1 aliphatic rings. The van der Waals surface area contributed by atoms with Crippen molar-refractivity contribution in [2.45, 2.75) is 24.9 Å². The minimum atomic E-state index is -0.735. The Labute approximate surface area is 112 Å². The lowest BCUT2D eigenvalue weighted by molar-refractivity contribution is -0.0436. The molecule has 8 nitrogen and oxygen atoms in total. The normalized spacial score (nSPS) is 27.2. The number of hydrogen-bond acceptors (Lipinski definition) is 7. The van der Waals surface area contributed by atoms with Gasteiger partial charge >= 0.3 is 0 Å². The van der Waals surface area contributed by atoms with Gasteiger partial charge in [-0.2, -0.15) is 0 Å². The first-order valence-electron chi connectivity index (χ1n) is 5.77. The number of aliphatic hydroxyl groups is 2. The van der Waals surface area contributed by atoms with Gasteiger partial charge < -0.3 is 25.7 Å². The van der Waals surface area contributed by atoms with Crippen molar-refractivity contribution >= 4 is 29.2 Å². The molecule has 19 heavy (non-hydrogen) atoms. The minimum absolute atomic E-state index is 0.246. The Balaban J connectivity index is 2.09. The zero-order chi connectivity index (χ0) is 13.6. The molecule has 0 saturated carbocycles. The molecule has 0 spiro atoms.